The van der Waals surface area contributed by atoms with Gasteiger partial charge in [-0.25, -0.2) is 0 Å². The van der Waals surface area contributed by atoms with Crippen molar-refractivity contribution in [2.75, 3.05) is 9.80 Å². The Balaban J connectivity index is 1.22. The van der Waals surface area contributed by atoms with E-state index in [1.165, 1.54) is 44.4 Å². The van der Waals surface area contributed by atoms with Crippen LogP contribution in [0.15, 0.2) is 144 Å². The van der Waals surface area contributed by atoms with Gasteiger partial charge in [-0.3, -0.25) is 0 Å². The predicted octanol–water partition coefficient (Wildman–Crippen LogP) is 14.8. The number of rotatable bonds is 4. The number of aryl methyl sites for hydroxylation is 1. The Hall–Kier alpha value is -6.46. The Morgan fingerprint density at radius 2 is 1.18 bits per heavy atom. The first-order valence-corrected chi connectivity index (χ1v) is 23.4. The highest BCUT2D eigenvalue weighted by Crippen LogP contribution is 2.57. The maximum atomic E-state index is 7.02. The average molecular weight is 851 g/mol. The first-order chi connectivity index (χ1) is 30.8. The third kappa shape index (κ3) is 6.40. The van der Waals surface area contributed by atoms with Crippen molar-refractivity contribution < 1.29 is 9.15 Å². The molecular weight excluding hydrogens is 791 g/mol. The molecule has 3 aliphatic rings. The first kappa shape index (κ1) is 41.3. The summed E-state index contributed by atoms with van der Waals surface area (Å²) in [6.07, 6.45) is 0. The van der Waals surface area contributed by atoms with E-state index in [2.05, 4.69) is 226 Å². The molecule has 0 amide bonds. The molecule has 0 radical (unpaired) electrons. The monoisotopic (exact) mass is 850 g/mol. The van der Waals surface area contributed by atoms with Crippen LogP contribution in [-0.2, 0) is 21.7 Å². The zero-order chi connectivity index (χ0) is 45.5. The van der Waals surface area contributed by atoms with Crippen molar-refractivity contribution in [1.29, 1.82) is 0 Å². The third-order valence-corrected chi connectivity index (χ3v) is 14.4. The molecule has 2 aliphatic heterocycles. The van der Waals surface area contributed by atoms with Crippen LogP contribution in [0.3, 0.4) is 0 Å². The number of ether oxygens (including phenoxy) is 1. The van der Waals surface area contributed by atoms with Gasteiger partial charge in [-0.1, -0.05) is 149 Å². The molecule has 0 spiro atoms. The number of benzene rings is 7. The van der Waals surface area contributed by atoms with Crippen LogP contribution in [0.4, 0.5) is 34.1 Å². The van der Waals surface area contributed by atoms with Crippen LogP contribution in [0.25, 0.3) is 22.1 Å². The fraction of sp³-hybridized carbons (Fsp3) is 0.267. The molecule has 0 fully saturated rings. The fourth-order valence-electron chi connectivity index (χ4n) is 10.8. The number of anilines is 6. The second kappa shape index (κ2) is 14.0. The minimum atomic E-state index is -0.274. The lowest BCUT2D eigenvalue weighted by Crippen LogP contribution is -2.59. The normalized spacial score (nSPS) is 14.6. The second-order valence-electron chi connectivity index (χ2n) is 22.4. The maximum Gasteiger partial charge on any atom is 0.301 e. The van der Waals surface area contributed by atoms with Crippen molar-refractivity contribution in [2.24, 2.45) is 0 Å². The van der Waals surface area contributed by atoms with Gasteiger partial charge in [-0.05, 0) is 134 Å². The molecule has 0 N–H and O–H groups in total. The van der Waals surface area contributed by atoms with E-state index in [0.717, 1.165) is 73.3 Å². The number of hydrogen-bond donors (Lipinski definition) is 0. The first-order valence-electron chi connectivity index (χ1n) is 23.4. The van der Waals surface area contributed by atoms with Crippen LogP contribution in [0.2, 0.25) is 0 Å². The highest BCUT2D eigenvalue weighted by Gasteiger charge is 2.47. The molecular formula is C60H59BN2O2. The number of furan rings is 1. The molecule has 3 heterocycles. The van der Waals surface area contributed by atoms with E-state index < -0.39 is 0 Å². The summed E-state index contributed by atoms with van der Waals surface area (Å²) in [4.78, 5) is 5.03. The molecule has 0 bridgehead atoms. The summed E-state index contributed by atoms with van der Waals surface area (Å²) in [5, 5.41) is 1.00. The van der Waals surface area contributed by atoms with Gasteiger partial charge in [0.25, 0.3) is 0 Å². The minimum Gasteiger partial charge on any atom is -0.466 e. The number of hydrogen-bond acceptors (Lipinski definition) is 4. The van der Waals surface area contributed by atoms with Crippen LogP contribution in [0.1, 0.15) is 110 Å². The van der Waals surface area contributed by atoms with Gasteiger partial charge in [0.2, 0.25) is 0 Å². The van der Waals surface area contributed by atoms with Crippen LogP contribution in [0.5, 0.6) is 11.5 Å². The Labute approximate surface area is 386 Å². The number of para-hydroxylation sites is 1. The summed E-state index contributed by atoms with van der Waals surface area (Å²) < 4.78 is 13.9. The van der Waals surface area contributed by atoms with Crippen molar-refractivity contribution in [1.82, 2.24) is 0 Å². The zero-order valence-corrected chi connectivity index (χ0v) is 40.1. The van der Waals surface area contributed by atoms with E-state index in [1.807, 2.05) is 6.07 Å². The highest BCUT2D eigenvalue weighted by molar-refractivity contribution is 6.98. The van der Waals surface area contributed by atoms with Crippen molar-refractivity contribution in [3.05, 3.63) is 173 Å². The molecule has 1 aliphatic carbocycles. The molecule has 7 aromatic carbocycles. The van der Waals surface area contributed by atoms with Gasteiger partial charge in [-0.2, -0.15) is 0 Å². The molecule has 1 aromatic heterocycles. The van der Waals surface area contributed by atoms with Gasteiger partial charge in [0.05, 0.1) is 11.1 Å². The smallest absolute Gasteiger partial charge is 0.301 e. The molecule has 8 aromatic rings. The van der Waals surface area contributed by atoms with E-state index in [1.54, 1.807) is 0 Å². The molecule has 11 rings (SSSR count). The van der Waals surface area contributed by atoms with Crippen LogP contribution >= 0.6 is 0 Å². The minimum absolute atomic E-state index is 0.0218. The number of fused-ring (bicyclic) bond motifs is 9. The summed E-state index contributed by atoms with van der Waals surface area (Å²) in [7, 11) is 0. The largest absolute Gasteiger partial charge is 0.466 e. The van der Waals surface area contributed by atoms with Crippen LogP contribution in [0, 0.1) is 6.92 Å². The molecule has 0 saturated carbocycles. The molecule has 0 unspecified atom stereocenters. The fourth-order valence-corrected chi connectivity index (χ4v) is 10.8. The quantitative estimate of drug-likeness (QED) is 0.165. The lowest BCUT2D eigenvalue weighted by Gasteiger charge is -2.40. The van der Waals surface area contributed by atoms with E-state index in [0.29, 0.717) is 0 Å². The van der Waals surface area contributed by atoms with E-state index in [9.17, 15) is 0 Å². The van der Waals surface area contributed by atoms with E-state index >= 15 is 0 Å². The summed E-state index contributed by atoms with van der Waals surface area (Å²) in [5.74, 6) is 1.70. The van der Waals surface area contributed by atoms with E-state index in [-0.39, 0.29) is 28.4 Å². The molecule has 324 valence electrons. The summed E-state index contributed by atoms with van der Waals surface area (Å²) >= 11 is 0. The van der Waals surface area contributed by atoms with Gasteiger partial charge in [-0.15, -0.1) is 0 Å². The van der Waals surface area contributed by atoms with Gasteiger partial charge >= 0.3 is 6.71 Å². The summed E-state index contributed by atoms with van der Waals surface area (Å²) in [6.45, 7) is 27.5. The Kier molecular flexibility index (Phi) is 8.90. The standard InChI is InChI=1S/C60H59BN2O2/c1-36-31-50-54-52(32-36)64-55-44-18-14-16-20-51(44)65-56(55)61(54)47-33-39(59(8,9)10)25-30-48(47)63(50)42-34-46-53(43-17-13-15-19-45(43)60(46,11)12)49(35-42)62(40-26-21-37(22-27-40)57(2,3)4)41-28-23-38(24-29-41)58(5,6)7/h13-35H,1-12H3. The number of nitrogens with zero attached hydrogens (tertiary/aromatic N) is 2. The Morgan fingerprint density at radius 3 is 1.83 bits per heavy atom. The van der Waals surface area contributed by atoms with Crippen molar-refractivity contribution in [3.8, 4) is 22.6 Å². The second-order valence-corrected chi connectivity index (χ2v) is 22.4. The average Bonchev–Trinajstić information content (AvgIpc) is 3.74. The molecule has 0 saturated heterocycles. The van der Waals surface area contributed by atoms with E-state index in [4.69, 9.17) is 9.15 Å². The van der Waals surface area contributed by atoms with Crippen molar-refractivity contribution in [2.45, 2.75) is 105 Å². The lowest BCUT2D eigenvalue weighted by molar-refractivity contribution is 0.482. The van der Waals surface area contributed by atoms with Gasteiger partial charge in [0.15, 0.2) is 5.75 Å². The van der Waals surface area contributed by atoms with Gasteiger partial charge < -0.3 is 19.0 Å². The Morgan fingerprint density at radius 1 is 0.585 bits per heavy atom. The van der Waals surface area contributed by atoms with Crippen LogP contribution in [-0.4, -0.2) is 6.71 Å². The third-order valence-electron chi connectivity index (χ3n) is 14.4. The zero-order valence-electron chi connectivity index (χ0n) is 40.1. The van der Waals surface area contributed by atoms with Gasteiger partial charge in [0, 0.05) is 44.9 Å². The topological polar surface area (TPSA) is 28.9 Å². The SMILES string of the molecule is Cc1cc2c3c(c1)N(c1cc(N(c4ccc(C(C)(C)C)cc4)c4ccc(C(C)(C)C)cc4)c4c(c1)C(C)(C)c1ccccc1-4)c1ccc(C(C)(C)C)cc1B3c1oc3ccccc3c1O2. The predicted molar refractivity (Wildman–Crippen MR) is 275 cm³/mol. The maximum absolute atomic E-state index is 7.02. The van der Waals surface area contributed by atoms with Crippen molar-refractivity contribution in [3.63, 3.8) is 0 Å². The molecule has 4 nitrogen and oxygen atoms in total. The molecule has 65 heavy (non-hydrogen) atoms. The Bertz CT molecular complexity index is 3170. The highest BCUT2D eigenvalue weighted by atomic mass is 16.5. The van der Waals surface area contributed by atoms with Crippen molar-refractivity contribution >= 4 is 68.4 Å². The molecule has 0 atom stereocenters. The van der Waals surface area contributed by atoms with Gasteiger partial charge in [0.1, 0.15) is 17.0 Å². The molecule has 5 heteroatoms. The summed E-state index contributed by atoms with van der Waals surface area (Å²) in [5.41, 5.74) is 20.8. The van der Waals surface area contributed by atoms with Crippen LogP contribution < -0.4 is 31.1 Å². The lowest BCUT2D eigenvalue weighted by atomic mass is 9.36. The summed E-state index contributed by atoms with van der Waals surface area (Å²) in [6, 6.07) is 52.5.